The van der Waals surface area contributed by atoms with E-state index in [9.17, 15) is 0 Å². The first kappa shape index (κ1) is 15.4. The molecule has 1 aromatic heterocycles. The van der Waals surface area contributed by atoms with Gasteiger partial charge in [-0.3, -0.25) is 0 Å². The number of halogens is 2. The van der Waals surface area contributed by atoms with Crippen LogP contribution in [0, 0.1) is 5.92 Å². The molecule has 1 N–H and O–H groups in total. The van der Waals surface area contributed by atoms with Crippen molar-refractivity contribution in [2.75, 3.05) is 23.3 Å². The largest absolute Gasteiger partial charge is 0.356 e. The average Bonchev–Trinajstić information content (AvgIpc) is 2.52. The minimum absolute atomic E-state index is 0.477. The second-order valence-electron chi connectivity index (χ2n) is 5.66. The molecular formula is C16H18Cl2N4. The van der Waals surface area contributed by atoms with Crippen molar-refractivity contribution in [3.63, 3.8) is 0 Å². The Morgan fingerprint density at radius 2 is 2.14 bits per heavy atom. The van der Waals surface area contributed by atoms with Gasteiger partial charge in [-0.05, 0) is 37.0 Å². The first-order valence-corrected chi connectivity index (χ1v) is 8.18. The van der Waals surface area contributed by atoms with E-state index in [0.29, 0.717) is 27.6 Å². The highest BCUT2D eigenvalue weighted by atomic mass is 35.5. The van der Waals surface area contributed by atoms with Crippen LogP contribution >= 0.6 is 23.2 Å². The van der Waals surface area contributed by atoms with Crippen molar-refractivity contribution in [1.29, 1.82) is 0 Å². The van der Waals surface area contributed by atoms with Gasteiger partial charge in [0.1, 0.15) is 5.82 Å². The lowest BCUT2D eigenvalue weighted by molar-refractivity contribution is 0.444. The zero-order valence-corrected chi connectivity index (χ0v) is 13.9. The Morgan fingerprint density at radius 1 is 1.27 bits per heavy atom. The highest BCUT2D eigenvalue weighted by molar-refractivity contribution is 6.43. The summed E-state index contributed by atoms with van der Waals surface area (Å²) in [6, 6.07) is 7.39. The van der Waals surface area contributed by atoms with Crippen molar-refractivity contribution in [2.24, 2.45) is 5.92 Å². The number of hydrogen-bond acceptors (Lipinski definition) is 4. The van der Waals surface area contributed by atoms with Gasteiger partial charge in [-0.15, -0.1) is 0 Å². The summed E-state index contributed by atoms with van der Waals surface area (Å²) >= 11 is 12.2. The summed E-state index contributed by atoms with van der Waals surface area (Å²) in [5.41, 5.74) is 0.707. The lowest BCUT2D eigenvalue weighted by Crippen LogP contribution is -2.34. The van der Waals surface area contributed by atoms with Gasteiger partial charge in [0.15, 0.2) is 0 Å². The second-order valence-corrected chi connectivity index (χ2v) is 6.44. The molecule has 1 aliphatic rings. The predicted molar refractivity (Wildman–Crippen MR) is 92.4 cm³/mol. The van der Waals surface area contributed by atoms with Crippen molar-refractivity contribution in [3.8, 4) is 0 Å². The molecule has 1 atom stereocenters. The molecule has 1 fully saturated rings. The van der Waals surface area contributed by atoms with Crippen LogP contribution in [0.1, 0.15) is 19.8 Å². The normalized spacial score (nSPS) is 18.3. The molecule has 6 heteroatoms. The first-order valence-electron chi connectivity index (χ1n) is 7.42. The third kappa shape index (κ3) is 3.45. The van der Waals surface area contributed by atoms with Gasteiger partial charge in [0.25, 0.3) is 0 Å². The molecule has 116 valence electrons. The third-order valence-electron chi connectivity index (χ3n) is 3.82. The van der Waals surface area contributed by atoms with Crippen LogP contribution < -0.4 is 10.2 Å². The maximum atomic E-state index is 6.19. The van der Waals surface area contributed by atoms with Crippen LogP contribution in [-0.4, -0.2) is 23.1 Å². The minimum Gasteiger partial charge on any atom is -0.356 e. The fraction of sp³-hybridized carbons (Fsp3) is 0.375. The summed E-state index contributed by atoms with van der Waals surface area (Å²) in [5, 5.41) is 4.12. The molecule has 0 bridgehead atoms. The molecule has 3 rings (SSSR count). The number of anilines is 3. The molecule has 2 heterocycles. The Bertz CT molecular complexity index is 662. The molecule has 2 aromatic rings. The van der Waals surface area contributed by atoms with E-state index < -0.39 is 0 Å². The van der Waals surface area contributed by atoms with Gasteiger partial charge < -0.3 is 10.2 Å². The van der Waals surface area contributed by atoms with Crippen molar-refractivity contribution >= 4 is 40.7 Å². The summed E-state index contributed by atoms with van der Waals surface area (Å²) in [6.45, 7) is 4.35. The lowest BCUT2D eigenvalue weighted by Gasteiger charge is -2.31. The summed E-state index contributed by atoms with van der Waals surface area (Å²) in [6.07, 6.45) is 4.25. The summed E-state index contributed by atoms with van der Waals surface area (Å²) < 4.78 is 0. The quantitative estimate of drug-likeness (QED) is 0.876. The highest BCUT2D eigenvalue weighted by Crippen LogP contribution is 2.31. The van der Waals surface area contributed by atoms with Crippen molar-refractivity contribution in [2.45, 2.75) is 19.8 Å². The number of hydrogen-bond donors (Lipinski definition) is 1. The van der Waals surface area contributed by atoms with Gasteiger partial charge in [-0.25, -0.2) is 4.98 Å². The van der Waals surface area contributed by atoms with Gasteiger partial charge in [0.05, 0.1) is 15.7 Å². The standard InChI is InChI=1S/C16H18Cl2N4/c1-11-4-3-9-22(10-11)14-7-8-19-16(21-14)20-13-6-2-5-12(17)15(13)18/h2,5-8,11H,3-4,9-10H2,1H3,(H,19,20,21). The van der Waals surface area contributed by atoms with E-state index >= 15 is 0 Å². The third-order valence-corrected chi connectivity index (χ3v) is 4.64. The van der Waals surface area contributed by atoms with Crippen LogP contribution in [0.5, 0.6) is 0 Å². The molecule has 0 radical (unpaired) electrons. The fourth-order valence-electron chi connectivity index (χ4n) is 2.70. The number of aromatic nitrogens is 2. The van der Waals surface area contributed by atoms with E-state index in [4.69, 9.17) is 23.2 Å². The van der Waals surface area contributed by atoms with Gasteiger partial charge in [-0.1, -0.05) is 36.2 Å². The Hall–Kier alpha value is -1.52. The molecule has 1 aliphatic heterocycles. The molecule has 22 heavy (non-hydrogen) atoms. The molecule has 0 spiro atoms. The fourth-order valence-corrected chi connectivity index (χ4v) is 3.05. The highest BCUT2D eigenvalue weighted by Gasteiger charge is 2.18. The molecule has 1 aromatic carbocycles. The van der Waals surface area contributed by atoms with Crippen LogP contribution in [0.25, 0.3) is 0 Å². The van der Waals surface area contributed by atoms with Gasteiger partial charge in [-0.2, -0.15) is 4.98 Å². The van der Waals surface area contributed by atoms with Gasteiger partial charge >= 0.3 is 0 Å². The number of nitrogens with one attached hydrogen (secondary N) is 1. The van der Waals surface area contributed by atoms with Gasteiger partial charge in [0.2, 0.25) is 5.95 Å². The van der Waals surface area contributed by atoms with E-state index in [0.717, 1.165) is 18.9 Å². The lowest BCUT2D eigenvalue weighted by atomic mass is 10.0. The number of nitrogens with zero attached hydrogens (tertiary/aromatic N) is 3. The molecule has 4 nitrogen and oxygen atoms in total. The SMILES string of the molecule is CC1CCCN(c2ccnc(Nc3cccc(Cl)c3Cl)n2)C1. The van der Waals surface area contributed by atoms with Crippen molar-refractivity contribution in [1.82, 2.24) is 9.97 Å². The Labute approximate surface area is 140 Å². The van der Waals surface area contributed by atoms with Crippen LogP contribution in [-0.2, 0) is 0 Å². The van der Waals surface area contributed by atoms with Crippen LogP contribution in [0.2, 0.25) is 10.0 Å². The van der Waals surface area contributed by atoms with E-state index in [-0.39, 0.29) is 0 Å². The van der Waals surface area contributed by atoms with Crippen LogP contribution in [0.4, 0.5) is 17.5 Å². The molecule has 1 saturated heterocycles. The summed E-state index contributed by atoms with van der Waals surface area (Å²) in [7, 11) is 0. The van der Waals surface area contributed by atoms with Crippen molar-refractivity contribution in [3.05, 3.63) is 40.5 Å². The Morgan fingerprint density at radius 3 is 2.95 bits per heavy atom. The van der Waals surface area contributed by atoms with E-state index in [1.54, 1.807) is 12.3 Å². The monoisotopic (exact) mass is 336 g/mol. The maximum Gasteiger partial charge on any atom is 0.229 e. The molecular weight excluding hydrogens is 319 g/mol. The number of rotatable bonds is 3. The Kier molecular flexibility index (Phi) is 4.69. The van der Waals surface area contributed by atoms with Crippen LogP contribution in [0.3, 0.4) is 0 Å². The average molecular weight is 337 g/mol. The number of benzene rings is 1. The molecule has 0 aliphatic carbocycles. The van der Waals surface area contributed by atoms with E-state index in [2.05, 4.69) is 27.1 Å². The topological polar surface area (TPSA) is 41.1 Å². The predicted octanol–water partition coefficient (Wildman–Crippen LogP) is 4.76. The molecule has 0 amide bonds. The van der Waals surface area contributed by atoms with Crippen molar-refractivity contribution < 1.29 is 0 Å². The van der Waals surface area contributed by atoms with Gasteiger partial charge in [0, 0.05) is 19.3 Å². The maximum absolute atomic E-state index is 6.19. The van der Waals surface area contributed by atoms with E-state index in [1.165, 1.54) is 12.8 Å². The smallest absolute Gasteiger partial charge is 0.229 e. The summed E-state index contributed by atoms with van der Waals surface area (Å²) in [5.74, 6) is 2.17. The minimum atomic E-state index is 0.477. The molecule has 1 unspecified atom stereocenters. The number of piperidine rings is 1. The Balaban J connectivity index is 1.80. The zero-order valence-electron chi connectivity index (χ0n) is 12.4. The first-order chi connectivity index (χ1) is 10.6. The summed E-state index contributed by atoms with van der Waals surface area (Å²) in [4.78, 5) is 11.2. The second kappa shape index (κ2) is 6.71. The van der Waals surface area contributed by atoms with E-state index in [1.807, 2.05) is 18.2 Å². The zero-order chi connectivity index (χ0) is 15.5. The molecule has 0 saturated carbocycles. The van der Waals surface area contributed by atoms with Crippen LogP contribution in [0.15, 0.2) is 30.5 Å².